The molecule has 0 spiro atoms. The lowest BCUT2D eigenvalue weighted by Gasteiger charge is -2.37. The molecular formula is C27H33NO5S. The summed E-state index contributed by atoms with van der Waals surface area (Å²) in [5.41, 5.74) is 3.26. The average Bonchev–Trinajstić information content (AvgIpc) is 2.87. The number of Topliss-reactive ketones (excluding diaryl/α,β-unsaturated/α-hetero) is 2. The zero-order valence-corrected chi connectivity index (χ0v) is 21.0. The van der Waals surface area contributed by atoms with Crippen LogP contribution in [0.3, 0.4) is 0 Å². The van der Waals surface area contributed by atoms with Gasteiger partial charge in [-0.05, 0) is 49.7 Å². The zero-order chi connectivity index (χ0) is 24.2. The molecule has 34 heavy (non-hydrogen) atoms. The topological polar surface area (TPSA) is 72.9 Å². The Hall–Kier alpha value is -2.54. The molecule has 1 heterocycles. The Balaban J connectivity index is 1.60. The molecule has 0 saturated carbocycles. The summed E-state index contributed by atoms with van der Waals surface area (Å²) in [7, 11) is 2.78. The number of ketones is 2. The van der Waals surface area contributed by atoms with Crippen LogP contribution in [0.4, 0.5) is 0 Å². The minimum absolute atomic E-state index is 0.0203. The van der Waals surface area contributed by atoms with E-state index >= 15 is 0 Å². The quantitative estimate of drug-likeness (QED) is 0.545. The molecule has 1 amide bonds. The SMILES string of the molecule is COC1=C(OC)C(=O)C([C@H]2c3ccccc3CC[C@@H]2CCCC(=O)N2CCSCC2)=C(C)C1=O. The van der Waals surface area contributed by atoms with Crippen LogP contribution in [0.5, 0.6) is 0 Å². The highest BCUT2D eigenvalue weighted by Crippen LogP contribution is 2.46. The van der Waals surface area contributed by atoms with E-state index in [0.717, 1.165) is 55.8 Å². The van der Waals surface area contributed by atoms with Gasteiger partial charge in [0.15, 0.2) is 0 Å². The zero-order valence-electron chi connectivity index (χ0n) is 20.2. The number of benzene rings is 1. The molecule has 1 aromatic rings. The van der Waals surface area contributed by atoms with Crippen LogP contribution in [0.25, 0.3) is 0 Å². The van der Waals surface area contributed by atoms with E-state index in [1.807, 2.05) is 28.8 Å². The van der Waals surface area contributed by atoms with Crippen LogP contribution in [-0.2, 0) is 30.3 Å². The normalized spacial score (nSPS) is 23.2. The summed E-state index contributed by atoms with van der Waals surface area (Å²) in [6.45, 7) is 3.38. The van der Waals surface area contributed by atoms with Crippen LogP contribution in [0, 0.1) is 5.92 Å². The van der Waals surface area contributed by atoms with E-state index in [2.05, 4.69) is 12.1 Å². The van der Waals surface area contributed by atoms with Crippen LogP contribution in [0.1, 0.15) is 49.7 Å². The fraction of sp³-hybridized carbons (Fsp3) is 0.519. The average molecular weight is 484 g/mol. The van der Waals surface area contributed by atoms with Crippen molar-refractivity contribution >= 4 is 29.2 Å². The first-order chi connectivity index (χ1) is 16.5. The number of methoxy groups -OCH3 is 2. The lowest BCUT2D eigenvalue weighted by atomic mass is 9.67. The second kappa shape index (κ2) is 10.8. The lowest BCUT2D eigenvalue weighted by molar-refractivity contribution is -0.131. The van der Waals surface area contributed by atoms with Gasteiger partial charge in [0, 0.05) is 48.1 Å². The molecule has 6 nitrogen and oxygen atoms in total. The van der Waals surface area contributed by atoms with Crippen LogP contribution >= 0.6 is 11.8 Å². The number of nitrogens with zero attached hydrogens (tertiary/aromatic N) is 1. The van der Waals surface area contributed by atoms with Crippen molar-refractivity contribution in [1.82, 2.24) is 4.90 Å². The van der Waals surface area contributed by atoms with Crippen molar-refractivity contribution in [2.75, 3.05) is 38.8 Å². The summed E-state index contributed by atoms with van der Waals surface area (Å²) >= 11 is 1.90. The minimum Gasteiger partial charge on any atom is -0.489 e. The third kappa shape index (κ3) is 4.67. The third-order valence-corrected chi connectivity index (χ3v) is 8.25. The van der Waals surface area contributed by atoms with E-state index in [9.17, 15) is 14.4 Å². The number of ether oxygens (including phenoxy) is 2. The van der Waals surface area contributed by atoms with Gasteiger partial charge >= 0.3 is 0 Å². The Labute approximate surface area is 205 Å². The molecule has 2 atom stereocenters. The molecule has 0 aromatic heterocycles. The highest BCUT2D eigenvalue weighted by molar-refractivity contribution is 7.99. The summed E-state index contributed by atoms with van der Waals surface area (Å²) in [5, 5.41) is 0. The van der Waals surface area contributed by atoms with Crippen LogP contribution < -0.4 is 0 Å². The van der Waals surface area contributed by atoms with Crippen molar-refractivity contribution in [3.05, 3.63) is 58.1 Å². The predicted octanol–water partition coefficient (Wildman–Crippen LogP) is 4.05. The minimum atomic E-state index is -0.297. The van der Waals surface area contributed by atoms with E-state index in [0.29, 0.717) is 17.6 Å². The molecule has 1 fully saturated rings. The Morgan fingerprint density at radius 3 is 2.44 bits per heavy atom. The van der Waals surface area contributed by atoms with Gasteiger partial charge in [-0.3, -0.25) is 14.4 Å². The van der Waals surface area contributed by atoms with Gasteiger partial charge in [-0.1, -0.05) is 24.3 Å². The predicted molar refractivity (Wildman–Crippen MR) is 133 cm³/mol. The Kier molecular flexibility index (Phi) is 7.81. The summed E-state index contributed by atoms with van der Waals surface area (Å²) in [4.78, 5) is 41.4. The Bertz CT molecular complexity index is 1040. The molecule has 0 radical (unpaired) electrons. The molecule has 0 bridgehead atoms. The first-order valence-electron chi connectivity index (χ1n) is 12.0. The van der Waals surface area contributed by atoms with Crippen LogP contribution in [0.15, 0.2) is 46.9 Å². The maximum absolute atomic E-state index is 13.6. The largest absolute Gasteiger partial charge is 0.489 e. The summed E-state index contributed by atoms with van der Waals surface area (Å²) in [6, 6.07) is 8.19. The highest BCUT2D eigenvalue weighted by atomic mass is 32.2. The van der Waals surface area contributed by atoms with Crippen LogP contribution in [0.2, 0.25) is 0 Å². The van der Waals surface area contributed by atoms with Gasteiger partial charge in [0.1, 0.15) is 0 Å². The van der Waals surface area contributed by atoms with Crippen molar-refractivity contribution in [2.45, 2.75) is 44.9 Å². The fourth-order valence-corrected chi connectivity index (χ4v) is 6.46. The number of thioether (sulfide) groups is 1. The highest BCUT2D eigenvalue weighted by Gasteiger charge is 2.42. The summed E-state index contributed by atoms with van der Waals surface area (Å²) in [6.07, 6.45) is 3.97. The van der Waals surface area contributed by atoms with Gasteiger partial charge in [-0.2, -0.15) is 11.8 Å². The van der Waals surface area contributed by atoms with Gasteiger partial charge in [0.05, 0.1) is 14.2 Å². The van der Waals surface area contributed by atoms with E-state index in [4.69, 9.17) is 9.47 Å². The number of aryl methyl sites for hydroxylation is 1. The van der Waals surface area contributed by atoms with Gasteiger partial charge in [0.25, 0.3) is 0 Å². The molecule has 182 valence electrons. The van der Waals surface area contributed by atoms with Crippen molar-refractivity contribution < 1.29 is 23.9 Å². The van der Waals surface area contributed by atoms with Crippen molar-refractivity contribution in [3.8, 4) is 0 Å². The number of amides is 1. The molecule has 0 unspecified atom stereocenters. The van der Waals surface area contributed by atoms with Crippen molar-refractivity contribution in [3.63, 3.8) is 0 Å². The van der Waals surface area contributed by atoms with Crippen LogP contribution in [-0.4, -0.2) is 61.2 Å². The molecule has 4 rings (SSSR count). The van der Waals surface area contributed by atoms with Gasteiger partial charge in [-0.25, -0.2) is 0 Å². The Morgan fingerprint density at radius 2 is 1.74 bits per heavy atom. The van der Waals surface area contributed by atoms with E-state index in [-0.39, 0.29) is 40.8 Å². The summed E-state index contributed by atoms with van der Waals surface area (Å²) < 4.78 is 10.6. The maximum atomic E-state index is 13.6. The van der Waals surface area contributed by atoms with Gasteiger partial charge < -0.3 is 14.4 Å². The number of carbonyl (C=O) groups is 3. The molecule has 1 aliphatic heterocycles. The first kappa shape index (κ1) is 24.6. The lowest BCUT2D eigenvalue weighted by Crippen LogP contribution is -2.37. The smallest absolute Gasteiger partial charge is 0.228 e. The monoisotopic (exact) mass is 483 g/mol. The number of hydrogen-bond acceptors (Lipinski definition) is 6. The number of hydrogen-bond donors (Lipinski definition) is 0. The Morgan fingerprint density at radius 1 is 1.06 bits per heavy atom. The van der Waals surface area contributed by atoms with E-state index in [1.165, 1.54) is 19.8 Å². The molecule has 1 saturated heterocycles. The van der Waals surface area contributed by atoms with Gasteiger partial charge in [0.2, 0.25) is 29.0 Å². The second-order valence-electron chi connectivity index (χ2n) is 9.12. The van der Waals surface area contributed by atoms with Gasteiger partial charge in [-0.15, -0.1) is 0 Å². The fourth-order valence-electron chi connectivity index (χ4n) is 5.55. The summed E-state index contributed by atoms with van der Waals surface area (Å²) in [5.74, 6) is 1.59. The molecule has 2 aliphatic carbocycles. The molecule has 1 aromatic carbocycles. The maximum Gasteiger partial charge on any atom is 0.228 e. The van der Waals surface area contributed by atoms with E-state index in [1.54, 1.807) is 6.92 Å². The first-order valence-corrected chi connectivity index (χ1v) is 13.2. The van der Waals surface area contributed by atoms with Crippen molar-refractivity contribution in [1.29, 1.82) is 0 Å². The standard InChI is InChI=1S/C27H33NO5S/c1-17-22(25(31)27(33-3)26(32-2)24(17)30)23-19(12-11-18-7-4-5-9-20(18)23)8-6-10-21(29)28-13-15-34-16-14-28/h4-5,7,9,19,23H,6,8,10-16H2,1-3H3/t19-,23+/m0/s1. The molecule has 3 aliphatic rings. The van der Waals surface area contributed by atoms with Crippen molar-refractivity contribution in [2.24, 2.45) is 5.92 Å². The molecule has 0 N–H and O–H groups in total. The third-order valence-electron chi connectivity index (χ3n) is 7.30. The molecular weight excluding hydrogens is 450 g/mol. The number of fused-ring (bicyclic) bond motifs is 1. The number of carbonyl (C=O) groups excluding carboxylic acids is 3. The molecule has 7 heteroatoms. The number of allylic oxidation sites excluding steroid dienone is 2. The second-order valence-corrected chi connectivity index (χ2v) is 10.3. The van der Waals surface area contributed by atoms with E-state index < -0.39 is 0 Å². The number of rotatable bonds is 7.